The van der Waals surface area contributed by atoms with E-state index < -0.39 is 0 Å². The smallest absolute Gasteiger partial charge is 0.0540 e. The Bertz CT molecular complexity index is 287. The van der Waals surface area contributed by atoms with Crippen molar-refractivity contribution in [3.05, 3.63) is 35.4 Å². The number of hydrogen-bond donors (Lipinski definition) is 1. The largest absolute Gasteiger partial charge is 0.395 e. The first kappa shape index (κ1) is 8.83. The second-order valence-electron chi connectivity index (χ2n) is 2.64. The van der Waals surface area contributed by atoms with Crippen molar-refractivity contribution in [1.29, 1.82) is 0 Å². The number of rotatable bonds is 1. The molecule has 0 aromatic heterocycles. The second kappa shape index (κ2) is 4.58. The fourth-order valence-electron chi connectivity index (χ4n) is 0.857. The Kier molecular flexibility index (Phi) is 3.37. The monoisotopic (exact) mass is 160 g/mol. The molecular weight excluding hydrogens is 148 g/mol. The van der Waals surface area contributed by atoms with Crippen LogP contribution in [0.5, 0.6) is 0 Å². The van der Waals surface area contributed by atoms with Crippen LogP contribution in [0.25, 0.3) is 0 Å². The van der Waals surface area contributed by atoms with Gasteiger partial charge in [0.1, 0.15) is 0 Å². The Morgan fingerprint density at radius 2 is 1.92 bits per heavy atom. The predicted octanol–water partition coefficient (Wildman–Crippen LogP) is 1.73. The third kappa shape index (κ3) is 2.77. The highest BCUT2D eigenvalue weighted by molar-refractivity contribution is 5.35. The van der Waals surface area contributed by atoms with Crippen LogP contribution in [0.15, 0.2) is 24.3 Å². The predicted molar refractivity (Wildman–Crippen MR) is 49.8 cm³/mol. The second-order valence-corrected chi connectivity index (χ2v) is 2.64. The molecule has 1 rings (SSSR count). The molecule has 0 heterocycles. The van der Waals surface area contributed by atoms with Crippen LogP contribution in [0.4, 0.5) is 0 Å². The van der Waals surface area contributed by atoms with Gasteiger partial charge in [-0.05, 0) is 19.1 Å². The zero-order chi connectivity index (χ0) is 8.81. The van der Waals surface area contributed by atoms with Crippen molar-refractivity contribution in [3.8, 4) is 11.8 Å². The molecule has 0 amide bonds. The molecule has 0 aliphatic heterocycles. The summed E-state index contributed by atoms with van der Waals surface area (Å²) in [5.41, 5.74) is 2.25. The van der Waals surface area contributed by atoms with Gasteiger partial charge in [0.15, 0.2) is 0 Å². The molecule has 0 saturated heterocycles. The fraction of sp³-hybridized carbons (Fsp3) is 0.273. The van der Waals surface area contributed by atoms with Crippen LogP contribution in [-0.2, 0) is 0 Å². The summed E-state index contributed by atoms with van der Waals surface area (Å²) >= 11 is 0. The van der Waals surface area contributed by atoms with Crippen molar-refractivity contribution in [2.75, 3.05) is 6.61 Å². The summed E-state index contributed by atoms with van der Waals surface area (Å²) in [6.45, 7) is 2.18. The third-order valence-electron chi connectivity index (χ3n) is 1.52. The van der Waals surface area contributed by atoms with Gasteiger partial charge in [-0.2, -0.15) is 0 Å². The highest BCUT2D eigenvalue weighted by Gasteiger charge is 1.84. The molecule has 1 N–H and O–H groups in total. The van der Waals surface area contributed by atoms with Crippen molar-refractivity contribution < 1.29 is 5.11 Å². The Morgan fingerprint density at radius 3 is 2.50 bits per heavy atom. The Hall–Kier alpha value is -1.26. The van der Waals surface area contributed by atoms with Gasteiger partial charge >= 0.3 is 0 Å². The van der Waals surface area contributed by atoms with E-state index in [4.69, 9.17) is 5.11 Å². The zero-order valence-corrected chi connectivity index (χ0v) is 7.17. The molecule has 0 unspecified atom stereocenters. The molecule has 12 heavy (non-hydrogen) atoms. The lowest BCUT2D eigenvalue weighted by Gasteiger charge is -1.90. The molecular formula is C11H12O. The first-order chi connectivity index (χ1) is 5.83. The fourth-order valence-corrected chi connectivity index (χ4v) is 0.857. The van der Waals surface area contributed by atoms with Crippen molar-refractivity contribution in [1.82, 2.24) is 0 Å². The van der Waals surface area contributed by atoms with E-state index in [0.717, 1.165) is 5.56 Å². The van der Waals surface area contributed by atoms with Crippen LogP contribution < -0.4 is 0 Å². The standard InChI is InChI=1S/C11H12O/c1-10-5-7-11(8-6-10)4-2-3-9-12/h5-8,12H,3,9H2,1H3. The van der Waals surface area contributed by atoms with Crippen molar-refractivity contribution in [2.24, 2.45) is 0 Å². The molecule has 0 aliphatic carbocycles. The molecule has 0 atom stereocenters. The van der Waals surface area contributed by atoms with Gasteiger partial charge < -0.3 is 5.11 Å². The SMILES string of the molecule is Cc1ccc(C#CCCO)cc1. The van der Waals surface area contributed by atoms with E-state index >= 15 is 0 Å². The van der Waals surface area contributed by atoms with Crippen molar-refractivity contribution >= 4 is 0 Å². The van der Waals surface area contributed by atoms with Gasteiger partial charge in [-0.15, -0.1) is 0 Å². The minimum absolute atomic E-state index is 0.138. The molecule has 62 valence electrons. The Labute approximate surface area is 73.0 Å². The topological polar surface area (TPSA) is 20.2 Å². The van der Waals surface area contributed by atoms with E-state index in [2.05, 4.69) is 11.8 Å². The van der Waals surface area contributed by atoms with Crippen LogP contribution in [0, 0.1) is 18.8 Å². The average Bonchev–Trinajstić information content (AvgIpc) is 2.09. The molecule has 1 aromatic rings. The molecule has 0 aliphatic rings. The van der Waals surface area contributed by atoms with Crippen molar-refractivity contribution in [2.45, 2.75) is 13.3 Å². The van der Waals surface area contributed by atoms with Gasteiger partial charge in [0.2, 0.25) is 0 Å². The lowest BCUT2D eigenvalue weighted by Crippen LogP contribution is -1.78. The highest BCUT2D eigenvalue weighted by atomic mass is 16.2. The number of hydrogen-bond acceptors (Lipinski definition) is 1. The van der Waals surface area contributed by atoms with Crippen LogP contribution in [0.3, 0.4) is 0 Å². The van der Waals surface area contributed by atoms with Gasteiger partial charge in [0.25, 0.3) is 0 Å². The first-order valence-corrected chi connectivity index (χ1v) is 3.99. The van der Waals surface area contributed by atoms with E-state index in [9.17, 15) is 0 Å². The summed E-state index contributed by atoms with van der Waals surface area (Å²) < 4.78 is 0. The van der Waals surface area contributed by atoms with Gasteiger partial charge in [0, 0.05) is 12.0 Å². The lowest BCUT2D eigenvalue weighted by molar-refractivity contribution is 0.305. The molecule has 1 aromatic carbocycles. The summed E-state index contributed by atoms with van der Waals surface area (Å²) in [6, 6.07) is 8.03. The van der Waals surface area contributed by atoms with Crippen molar-refractivity contribution in [3.63, 3.8) is 0 Å². The quantitative estimate of drug-likeness (QED) is 0.620. The maximum Gasteiger partial charge on any atom is 0.0540 e. The van der Waals surface area contributed by atoms with E-state index in [-0.39, 0.29) is 6.61 Å². The minimum atomic E-state index is 0.138. The number of aliphatic hydroxyl groups excluding tert-OH is 1. The Morgan fingerprint density at radius 1 is 1.25 bits per heavy atom. The molecule has 0 fully saturated rings. The van der Waals surface area contributed by atoms with Gasteiger partial charge in [-0.3, -0.25) is 0 Å². The maximum atomic E-state index is 8.49. The van der Waals surface area contributed by atoms with Crippen LogP contribution in [0.2, 0.25) is 0 Å². The first-order valence-electron chi connectivity index (χ1n) is 3.99. The molecule has 0 bridgehead atoms. The lowest BCUT2D eigenvalue weighted by atomic mass is 10.1. The number of benzene rings is 1. The van der Waals surface area contributed by atoms with E-state index in [1.54, 1.807) is 0 Å². The highest BCUT2D eigenvalue weighted by Crippen LogP contribution is 2.00. The van der Waals surface area contributed by atoms with Crippen LogP contribution in [-0.4, -0.2) is 11.7 Å². The van der Waals surface area contributed by atoms with Crippen LogP contribution >= 0.6 is 0 Å². The normalized spacial score (nSPS) is 8.83. The summed E-state index contributed by atoms with van der Waals surface area (Å²) in [4.78, 5) is 0. The summed E-state index contributed by atoms with van der Waals surface area (Å²) in [6.07, 6.45) is 0.549. The summed E-state index contributed by atoms with van der Waals surface area (Å²) in [5, 5.41) is 8.49. The summed E-state index contributed by atoms with van der Waals surface area (Å²) in [5.74, 6) is 5.83. The van der Waals surface area contributed by atoms with Gasteiger partial charge in [-0.1, -0.05) is 29.5 Å². The number of aryl methyl sites for hydroxylation is 1. The molecule has 0 spiro atoms. The third-order valence-corrected chi connectivity index (χ3v) is 1.52. The number of aliphatic hydroxyl groups is 1. The average molecular weight is 160 g/mol. The minimum Gasteiger partial charge on any atom is -0.395 e. The van der Waals surface area contributed by atoms with Crippen LogP contribution in [0.1, 0.15) is 17.5 Å². The zero-order valence-electron chi connectivity index (χ0n) is 7.17. The molecule has 0 radical (unpaired) electrons. The maximum absolute atomic E-state index is 8.49. The summed E-state index contributed by atoms with van der Waals surface area (Å²) in [7, 11) is 0. The molecule has 0 saturated carbocycles. The van der Waals surface area contributed by atoms with Gasteiger partial charge in [0.05, 0.1) is 6.61 Å². The van der Waals surface area contributed by atoms with E-state index in [0.29, 0.717) is 6.42 Å². The van der Waals surface area contributed by atoms with E-state index in [1.165, 1.54) is 5.56 Å². The van der Waals surface area contributed by atoms with Gasteiger partial charge in [-0.25, -0.2) is 0 Å². The Balaban J connectivity index is 2.66. The molecule has 1 nitrogen and oxygen atoms in total. The van der Waals surface area contributed by atoms with E-state index in [1.807, 2.05) is 31.2 Å². The molecule has 1 heteroatoms.